The number of hydrogen-bond acceptors (Lipinski definition) is 4. The summed E-state index contributed by atoms with van der Waals surface area (Å²) in [5.74, 6) is -0.102. The third kappa shape index (κ3) is 3.73. The van der Waals surface area contributed by atoms with Crippen molar-refractivity contribution in [1.82, 2.24) is 9.55 Å². The SMILES string of the molecule is Cc1c(-c2ccccc2)sc2ncn(CC(=O)c3ccc(C(C)(C)C)cc3)c(=O)c12. The minimum Gasteiger partial charge on any atom is -0.292 e. The zero-order chi connectivity index (χ0) is 21.5. The van der Waals surface area contributed by atoms with E-state index in [1.807, 2.05) is 61.5 Å². The number of ketones is 1. The molecule has 152 valence electrons. The number of nitrogens with zero attached hydrogens (tertiary/aromatic N) is 2. The molecule has 0 aliphatic carbocycles. The number of carbonyl (C=O) groups is 1. The van der Waals surface area contributed by atoms with Crippen LogP contribution in [0.1, 0.15) is 42.3 Å². The van der Waals surface area contributed by atoms with Gasteiger partial charge in [-0.3, -0.25) is 14.2 Å². The molecule has 4 nitrogen and oxygen atoms in total. The molecular formula is C25H24N2O2S. The molecule has 0 amide bonds. The number of benzene rings is 2. The number of aromatic nitrogens is 2. The number of fused-ring (bicyclic) bond motifs is 1. The summed E-state index contributed by atoms with van der Waals surface area (Å²) in [4.78, 5) is 32.1. The lowest BCUT2D eigenvalue weighted by Crippen LogP contribution is -2.24. The molecule has 0 aliphatic rings. The second-order valence-corrected chi connectivity index (χ2v) is 9.53. The largest absolute Gasteiger partial charge is 0.292 e. The maximum absolute atomic E-state index is 13.1. The van der Waals surface area contributed by atoms with Gasteiger partial charge in [0.25, 0.3) is 5.56 Å². The van der Waals surface area contributed by atoms with Crippen LogP contribution in [0.15, 0.2) is 65.7 Å². The molecule has 30 heavy (non-hydrogen) atoms. The Balaban J connectivity index is 1.67. The van der Waals surface area contributed by atoms with E-state index in [2.05, 4.69) is 25.8 Å². The Bertz CT molecular complexity index is 1280. The average Bonchev–Trinajstić information content (AvgIpc) is 3.07. The highest BCUT2D eigenvalue weighted by atomic mass is 32.1. The molecule has 4 aromatic rings. The lowest BCUT2D eigenvalue weighted by atomic mass is 9.86. The van der Waals surface area contributed by atoms with E-state index in [-0.39, 0.29) is 23.3 Å². The third-order valence-electron chi connectivity index (χ3n) is 5.34. The Labute approximate surface area is 179 Å². The van der Waals surface area contributed by atoms with Crippen LogP contribution in [-0.2, 0) is 12.0 Å². The van der Waals surface area contributed by atoms with Gasteiger partial charge in [0.15, 0.2) is 5.78 Å². The average molecular weight is 417 g/mol. The monoisotopic (exact) mass is 416 g/mol. The lowest BCUT2D eigenvalue weighted by Gasteiger charge is -2.19. The first-order valence-corrected chi connectivity index (χ1v) is 10.7. The summed E-state index contributed by atoms with van der Waals surface area (Å²) in [6, 6.07) is 17.6. The van der Waals surface area contributed by atoms with Gasteiger partial charge in [-0.1, -0.05) is 75.4 Å². The molecule has 0 unspecified atom stereocenters. The highest BCUT2D eigenvalue weighted by Crippen LogP contribution is 2.35. The summed E-state index contributed by atoms with van der Waals surface area (Å²) in [6.07, 6.45) is 1.48. The highest BCUT2D eigenvalue weighted by Gasteiger charge is 2.18. The summed E-state index contributed by atoms with van der Waals surface area (Å²) in [5, 5.41) is 0.595. The number of aryl methyl sites for hydroxylation is 1. The molecule has 0 saturated carbocycles. The molecule has 0 atom stereocenters. The Kier molecular flexibility index (Phi) is 5.16. The van der Waals surface area contributed by atoms with Crippen molar-refractivity contribution in [3.8, 4) is 10.4 Å². The zero-order valence-corrected chi connectivity index (χ0v) is 18.4. The predicted octanol–water partition coefficient (Wildman–Crippen LogP) is 5.61. The fourth-order valence-electron chi connectivity index (χ4n) is 3.54. The first-order valence-electron chi connectivity index (χ1n) is 9.93. The minimum absolute atomic E-state index is 0.0212. The van der Waals surface area contributed by atoms with Crippen LogP contribution in [0, 0.1) is 6.92 Å². The minimum atomic E-state index is -0.171. The molecule has 0 saturated heterocycles. The molecule has 5 heteroatoms. The smallest absolute Gasteiger partial charge is 0.262 e. The molecular weight excluding hydrogens is 392 g/mol. The Morgan fingerprint density at radius 3 is 2.33 bits per heavy atom. The molecule has 2 aromatic heterocycles. The van der Waals surface area contributed by atoms with Gasteiger partial charge in [-0.2, -0.15) is 0 Å². The fraction of sp³-hybridized carbons (Fsp3) is 0.240. The van der Waals surface area contributed by atoms with Crippen LogP contribution in [0.2, 0.25) is 0 Å². The van der Waals surface area contributed by atoms with Crippen molar-refractivity contribution >= 4 is 27.3 Å². The third-order valence-corrected chi connectivity index (χ3v) is 6.59. The van der Waals surface area contributed by atoms with Gasteiger partial charge in [-0.25, -0.2) is 4.98 Å². The molecule has 0 bridgehead atoms. The van der Waals surface area contributed by atoms with Gasteiger partial charge in [0, 0.05) is 10.4 Å². The Morgan fingerprint density at radius 2 is 1.70 bits per heavy atom. The van der Waals surface area contributed by atoms with Gasteiger partial charge in [-0.05, 0) is 29.0 Å². The van der Waals surface area contributed by atoms with Gasteiger partial charge in [0.05, 0.1) is 18.3 Å². The van der Waals surface area contributed by atoms with Crippen molar-refractivity contribution < 1.29 is 4.79 Å². The van der Waals surface area contributed by atoms with Gasteiger partial charge in [0.2, 0.25) is 0 Å². The summed E-state index contributed by atoms with van der Waals surface area (Å²) in [6.45, 7) is 8.33. The summed E-state index contributed by atoms with van der Waals surface area (Å²) in [5.41, 5.74) is 3.61. The van der Waals surface area contributed by atoms with Crippen LogP contribution in [0.3, 0.4) is 0 Å². The molecule has 2 aromatic carbocycles. The molecule has 2 heterocycles. The van der Waals surface area contributed by atoms with E-state index >= 15 is 0 Å². The zero-order valence-electron chi connectivity index (χ0n) is 17.6. The van der Waals surface area contributed by atoms with Crippen LogP contribution in [-0.4, -0.2) is 15.3 Å². The molecule has 4 rings (SSSR count). The fourth-order valence-corrected chi connectivity index (χ4v) is 4.68. The van der Waals surface area contributed by atoms with Crippen LogP contribution in [0.5, 0.6) is 0 Å². The number of Topliss-reactive ketones (excluding diaryl/α,β-unsaturated/α-hetero) is 1. The first-order chi connectivity index (χ1) is 14.3. The number of thiophene rings is 1. The van der Waals surface area contributed by atoms with Crippen LogP contribution < -0.4 is 5.56 Å². The van der Waals surface area contributed by atoms with Gasteiger partial charge >= 0.3 is 0 Å². The maximum Gasteiger partial charge on any atom is 0.262 e. The van der Waals surface area contributed by atoms with E-state index in [9.17, 15) is 9.59 Å². The second-order valence-electron chi connectivity index (χ2n) is 8.53. The van der Waals surface area contributed by atoms with Gasteiger partial charge < -0.3 is 0 Å². The van der Waals surface area contributed by atoms with E-state index in [1.54, 1.807) is 0 Å². The van der Waals surface area contributed by atoms with Crippen molar-refractivity contribution in [2.75, 3.05) is 0 Å². The van der Waals surface area contributed by atoms with E-state index < -0.39 is 0 Å². The molecule has 0 aliphatic heterocycles. The maximum atomic E-state index is 13.1. The van der Waals surface area contributed by atoms with Crippen molar-refractivity contribution in [1.29, 1.82) is 0 Å². The number of carbonyl (C=O) groups excluding carboxylic acids is 1. The molecule has 0 radical (unpaired) electrons. The first kappa shape index (κ1) is 20.2. The predicted molar refractivity (Wildman–Crippen MR) is 124 cm³/mol. The molecule has 0 fully saturated rings. The molecule has 0 N–H and O–H groups in total. The standard InChI is InChI=1S/C25H24N2O2S/c1-16-21-23(30-22(16)18-8-6-5-7-9-18)26-15-27(24(21)29)14-20(28)17-10-12-19(13-11-17)25(2,3)4/h5-13,15H,14H2,1-4H3. The van der Waals surface area contributed by atoms with Crippen molar-refractivity contribution in [3.05, 3.63) is 88.0 Å². The van der Waals surface area contributed by atoms with Crippen molar-refractivity contribution in [3.63, 3.8) is 0 Å². The number of rotatable bonds is 4. The number of hydrogen-bond donors (Lipinski definition) is 0. The van der Waals surface area contributed by atoms with Crippen LogP contribution >= 0.6 is 11.3 Å². The summed E-state index contributed by atoms with van der Waals surface area (Å²) in [7, 11) is 0. The van der Waals surface area contributed by atoms with Crippen LogP contribution in [0.25, 0.3) is 20.7 Å². The van der Waals surface area contributed by atoms with E-state index in [1.165, 1.54) is 27.8 Å². The highest BCUT2D eigenvalue weighted by molar-refractivity contribution is 7.22. The molecule has 0 spiro atoms. The van der Waals surface area contributed by atoms with Crippen molar-refractivity contribution in [2.24, 2.45) is 0 Å². The Morgan fingerprint density at radius 1 is 1.03 bits per heavy atom. The quantitative estimate of drug-likeness (QED) is 0.406. The lowest BCUT2D eigenvalue weighted by molar-refractivity contribution is 0.0970. The van der Waals surface area contributed by atoms with Gasteiger partial charge in [0.1, 0.15) is 4.83 Å². The summed E-state index contributed by atoms with van der Waals surface area (Å²) < 4.78 is 1.41. The second kappa shape index (κ2) is 7.65. The normalized spacial score (nSPS) is 11.7. The summed E-state index contributed by atoms with van der Waals surface area (Å²) >= 11 is 1.51. The van der Waals surface area contributed by atoms with Gasteiger partial charge in [-0.15, -0.1) is 11.3 Å². The Hall–Kier alpha value is -3.05. The van der Waals surface area contributed by atoms with E-state index in [0.29, 0.717) is 15.8 Å². The topological polar surface area (TPSA) is 52.0 Å². The van der Waals surface area contributed by atoms with E-state index in [4.69, 9.17) is 0 Å². The van der Waals surface area contributed by atoms with E-state index in [0.717, 1.165) is 16.0 Å². The van der Waals surface area contributed by atoms with Crippen molar-refractivity contribution in [2.45, 2.75) is 39.7 Å². The van der Waals surface area contributed by atoms with Crippen LogP contribution in [0.4, 0.5) is 0 Å².